The van der Waals surface area contributed by atoms with Gasteiger partial charge < -0.3 is 0 Å². The average Bonchev–Trinajstić information content (AvgIpc) is 2.76. The van der Waals surface area contributed by atoms with Gasteiger partial charge >= 0.3 is 0 Å². The molecule has 0 aliphatic rings. The molecule has 0 aromatic carbocycles. The number of hydrogen-bond acceptors (Lipinski definition) is 3. The predicted octanol–water partition coefficient (Wildman–Crippen LogP) is 3.44. The summed E-state index contributed by atoms with van der Waals surface area (Å²) in [5.41, 5.74) is 8.14. The van der Waals surface area contributed by atoms with Crippen LogP contribution in [0, 0.1) is 0 Å². The third kappa shape index (κ3) is 3.91. The summed E-state index contributed by atoms with van der Waals surface area (Å²) < 4.78 is 0. The first kappa shape index (κ1) is 12.0. The van der Waals surface area contributed by atoms with Crippen molar-refractivity contribution in [3.8, 4) is 0 Å². The van der Waals surface area contributed by atoms with Crippen LogP contribution < -0.4 is 0 Å². The lowest BCUT2D eigenvalue weighted by Crippen LogP contribution is -2.23. The highest BCUT2D eigenvalue weighted by Gasteiger charge is 2.11. The Bertz CT molecular complexity index is 316. The SMILES string of the molecule is CC(c1cccs1)N(C)CCCN=[N+]=[N-]. The molecule has 0 radical (unpaired) electrons. The largest absolute Gasteiger partial charge is 0.299 e. The molecular weight excluding hydrogens is 208 g/mol. The molecule has 1 rings (SSSR count). The minimum atomic E-state index is 0.441. The number of hydrogen-bond donors (Lipinski definition) is 0. The minimum Gasteiger partial charge on any atom is -0.299 e. The van der Waals surface area contributed by atoms with Gasteiger partial charge in [-0.2, -0.15) is 0 Å². The van der Waals surface area contributed by atoms with Crippen molar-refractivity contribution in [3.05, 3.63) is 32.8 Å². The van der Waals surface area contributed by atoms with E-state index in [0.29, 0.717) is 12.6 Å². The number of azide groups is 1. The molecule has 1 aromatic rings. The minimum absolute atomic E-state index is 0.441. The van der Waals surface area contributed by atoms with Gasteiger partial charge in [0.2, 0.25) is 0 Å². The lowest BCUT2D eigenvalue weighted by Gasteiger charge is -2.23. The van der Waals surface area contributed by atoms with Gasteiger partial charge in [0.25, 0.3) is 0 Å². The Balaban J connectivity index is 2.33. The fraction of sp³-hybridized carbons (Fsp3) is 0.600. The van der Waals surface area contributed by atoms with E-state index < -0.39 is 0 Å². The van der Waals surface area contributed by atoms with Crippen LogP contribution >= 0.6 is 11.3 Å². The molecule has 1 heterocycles. The van der Waals surface area contributed by atoms with Crippen molar-refractivity contribution in [2.75, 3.05) is 20.1 Å². The molecule has 0 aliphatic carbocycles. The van der Waals surface area contributed by atoms with Gasteiger partial charge in [-0.05, 0) is 43.9 Å². The average molecular weight is 224 g/mol. The van der Waals surface area contributed by atoms with Crippen molar-refractivity contribution in [2.45, 2.75) is 19.4 Å². The number of nitrogens with zero attached hydrogens (tertiary/aromatic N) is 4. The molecular formula is C10H16N4S. The zero-order valence-electron chi connectivity index (χ0n) is 9.13. The molecule has 0 saturated heterocycles. The summed E-state index contributed by atoms with van der Waals surface area (Å²) in [6.45, 7) is 3.73. The van der Waals surface area contributed by atoms with E-state index in [9.17, 15) is 0 Å². The lowest BCUT2D eigenvalue weighted by atomic mass is 10.2. The van der Waals surface area contributed by atoms with Crippen molar-refractivity contribution in [1.82, 2.24) is 4.90 Å². The predicted molar refractivity (Wildman–Crippen MR) is 64.0 cm³/mol. The Labute approximate surface area is 94.2 Å². The van der Waals surface area contributed by atoms with Gasteiger partial charge in [-0.15, -0.1) is 11.3 Å². The molecule has 1 aromatic heterocycles. The van der Waals surface area contributed by atoms with Crippen LogP contribution in [0.1, 0.15) is 24.3 Å². The van der Waals surface area contributed by atoms with Crippen LogP contribution in [0.4, 0.5) is 0 Å². The molecule has 5 heteroatoms. The van der Waals surface area contributed by atoms with E-state index in [1.54, 1.807) is 11.3 Å². The summed E-state index contributed by atoms with van der Waals surface area (Å²) in [7, 11) is 2.10. The second-order valence-electron chi connectivity index (χ2n) is 3.48. The summed E-state index contributed by atoms with van der Waals surface area (Å²) in [6.07, 6.45) is 0.913. The molecule has 0 saturated carbocycles. The number of rotatable bonds is 6. The molecule has 0 fully saturated rings. The van der Waals surface area contributed by atoms with E-state index in [1.165, 1.54) is 4.88 Å². The summed E-state index contributed by atoms with van der Waals surface area (Å²) in [5, 5.41) is 5.62. The molecule has 82 valence electrons. The molecule has 1 atom stereocenters. The monoisotopic (exact) mass is 224 g/mol. The van der Waals surface area contributed by atoms with Gasteiger partial charge in [0.1, 0.15) is 0 Å². The van der Waals surface area contributed by atoms with Crippen LogP contribution in [-0.4, -0.2) is 25.0 Å². The Morgan fingerprint density at radius 3 is 3.07 bits per heavy atom. The van der Waals surface area contributed by atoms with Gasteiger partial charge in [0.15, 0.2) is 0 Å². The summed E-state index contributed by atoms with van der Waals surface area (Å²) in [4.78, 5) is 6.39. The van der Waals surface area contributed by atoms with Crippen molar-refractivity contribution < 1.29 is 0 Å². The molecule has 0 amide bonds. The molecule has 0 bridgehead atoms. The van der Waals surface area contributed by atoms with Crippen LogP contribution in [0.5, 0.6) is 0 Å². The molecule has 1 unspecified atom stereocenters. The maximum atomic E-state index is 8.14. The van der Waals surface area contributed by atoms with Gasteiger partial charge in [-0.25, -0.2) is 0 Å². The lowest BCUT2D eigenvalue weighted by molar-refractivity contribution is 0.263. The van der Waals surface area contributed by atoms with Crippen molar-refractivity contribution in [2.24, 2.45) is 5.11 Å². The first-order chi connectivity index (χ1) is 7.25. The Morgan fingerprint density at radius 2 is 2.47 bits per heavy atom. The Kier molecular flexibility index (Phi) is 5.18. The molecule has 0 spiro atoms. The summed E-state index contributed by atoms with van der Waals surface area (Å²) >= 11 is 1.78. The third-order valence-corrected chi connectivity index (χ3v) is 3.49. The molecule has 4 nitrogen and oxygen atoms in total. The molecule has 0 aliphatic heterocycles. The number of thiophene rings is 1. The normalized spacial score (nSPS) is 12.5. The van der Waals surface area contributed by atoms with E-state index in [4.69, 9.17) is 5.53 Å². The second-order valence-corrected chi connectivity index (χ2v) is 4.46. The van der Waals surface area contributed by atoms with E-state index >= 15 is 0 Å². The Hall–Kier alpha value is -1.03. The van der Waals surface area contributed by atoms with Crippen LogP contribution in [0.2, 0.25) is 0 Å². The van der Waals surface area contributed by atoms with Crippen molar-refractivity contribution in [1.29, 1.82) is 0 Å². The van der Waals surface area contributed by atoms with Gasteiger partial charge in [0.05, 0.1) is 0 Å². The van der Waals surface area contributed by atoms with E-state index in [2.05, 4.69) is 46.4 Å². The van der Waals surface area contributed by atoms with E-state index in [0.717, 1.165) is 13.0 Å². The first-order valence-electron chi connectivity index (χ1n) is 5.00. The molecule has 0 N–H and O–H groups in total. The Morgan fingerprint density at radius 1 is 1.67 bits per heavy atom. The van der Waals surface area contributed by atoms with Crippen LogP contribution in [0.25, 0.3) is 10.4 Å². The summed E-state index contributed by atoms with van der Waals surface area (Å²) in [6, 6.07) is 4.67. The van der Waals surface area contributed by atoms with Crippen LogP contribution in [-0.2, 0) is 0 Å². The van der Waals surface area contributed by atoms with E-state index in [-0.39, 0.29) is 0 Å². The maximum absolute atomic E-state index is 8.14. The van der Waals surface area contributed by atoms with Crippen LogP contribution in [0.3, 0.4) is 0 Å². The summed E-state index contributed by atoms with van der Waals surface area (Å²) in [5.74, 6) is 0. The van der Waals surface area contributed by atoms with Crippen molar-refractivity contribution >= 4 is 11.3 Å². The molecule has 15 heavy (non-hydrogen) atoms. The highest BCUT2D eigenvalue weighted by atomic mass is 32.1. The topological polar surface area (TPSA) is 52.0 Å². The highest BCUT2D eigenvalue weighted by molar-refractivity contribution is 7.10. The fourth-order valence-electron chi connectivity index (χ4n) is 1.38. The third-order valence-electron chi connectivity index (χ3n) is 2.45. The van der Waals surface area contributed by atoms with Gasteiger partial charge in [0, 0.05) is 22.4 Å². The zero-order chi connectivity index (χ0) is 11.1. The second kappa shape index (κ2) is 6.45. The quantitative estimate of drug-likeness (QED) is 0.316. The maximum Gasteiger partial charge on any atom is 0.0410 e. The van der Waals surface area contributed by atoms with Gasteiger partial charge in [-0.3, -0.25) is 4.90 Å². The van der Waals surface area contributed by atoms with Crippen molar-refractivity contribution in [3.63, 3.8) is 0 Å². The van der Waals surface area contributed by atoms with E-state index in [1.807, 2.05) is 0 Å². The zero-order valence-corrected chi connectivity index (χ0v) is 9.94. The van der Waals surface area contributed by atoms with Crippen LogP contribution in [0.15, 0.2) is 22.6 Å². The highest BCUT2D eigenvalue weighted by Crippen LogP contribution is 2.23. The first-order valence-corrected chi connectivity index (χ1v) is 5.88. The smallest absolute Gasteiger partial charge is 0.0410 e. The van der Waals surface area contributed by atoms with Gasteiger partial charge in [-0.1, -0.05) is 11.2 Å². The fourth-order valence-corrected chi connectivity index (χ4v) is 2.22. The standard InChI is InChI=1S/C10H16N4S/c1-9(10-5-3-8-15-10)14(2)7-4-6-12-13-11/h3,5,8-9H,4,6-7H2,1-2H3.